The molecule has 4 rings (SSSR count). The molecule has 0 aromatic heterocycles. The first-order chi connectivity index (χ1) is 15.6. The molecule has 1 saturated heterocycles. The molecule has 0 amide bonds. The molecule has 2 heterocycles. The molecule has 0 aliphatic carbocycles. The van der Waals surface area contributed by atoms with Crippen molar-refractivity contribution in [3.8, 4) is 0 Å². The van der Waals surface area contributed by atoms with Crippen LogP contribution in [0.2, 0.25) is 0 Å². The highest BCUT2D eigenvalue weighted by Crippen LogP contribution is 2.44. The van der Waals surface area contributed by atoms with Gasteiger partial charge in [-0.15, -0.1) is 0 Å². The molecule has 2 aromatic rings. The van der Waals surface area contributed by atoms with E-state index in [2.05, 4.69) is 0 Å². The Kier molecular flexibility index (Phi) is 6.53. The fourth-order valence-corrected chi connectivity index (χ4v) is 5.48. The minimum atomic E-state index is -4.44. The van der Waals surface area contributed by atoms with E-state index in [1.807, 2.05) is 11.9 Å². The molecule has 0 bridgehead atoms. The molecule has 33 heavy (non-hydrogen) atoms. The van der Waals surface area contributed by atoms with Crippen LogP contribution in [0, 0.1) is 5.92 Å². The monoisotopic (exact) mass is 484 g/mol. The van der Waals surface area contributed by atoms with E-state index in [9.17, 15) is 26.3 Å². The van der Waals surface area contributed by atoms with Crippen LogP contribution in [0.15, 0.2) is 59.2 Å². The number of alkyl halides is 6. The van der Waals surface area contributed by atoms with Crippen molar-refractivity contribution >= 4 is 23.5 Å². The van der Waals surface area contributed by atoms with E-state index < -0.39 is 23.5 Å². The number of hydrogen-bond donors (Lipinski definition) is 0. The second-order valence-electron chi connectivity index (χ2n) is 8.13. The maximum atomic E-state index is 13.3. The molecule has 0 N–H and O–H groups in total. The van der Waals surface area contributed by atoms with E-state index in [1.165, 1.54) is 18.2 Å². The minimum absolute atomic E-state index is 0.143. The summed E-state index contributed by atoms with van der Waals surface area (Å²) in [4.78, 5) is 0. The summed E-state index contributed by atoms with van der Waals surface area (Å²) >= 11 is 1.62. The van der Waals surface area contributed by atoms with Crippen LogP contribution >= 0.6 is 11.8 Å². The van der Waals surface area contributed by atoms with Crippen LogP contribution in [-0.4, -0.2) is 28.8 Å². The number of hydrazone groups is 1. The molecule has 2 nitrogen and oxygen atoms in total. The summed E-state index contributed by atoms with van der Waals surface area (Å²) in [6, 6.07) is 10.1. The van der Waals surface area contributed by atoms with Crippen LogP contribution in [0.4, 0.5) is 26.3 Å². The van der Waals surface area contributed by atoms with Crippen molar-refractivity contribution < 1.29 is 26.3 Å². The smallest absolute Gasteiger partial charge is 0.289 e. The summed E-state index contributed by atoms with van der Waals surface area (Å²) in [5.74, 6) is 1.12. The standard InChI is InChI=1S/C24H22F6N2S/c1-2-9-32-22(16-6-4-8-19(12-16)24(28,29)30)20-14-33-13-17(21(20)31-32)10-15-5-3-7-18(11-15)23(25,26)27/h3-8,10-12,20,22H,2,9,13-14H2,1H3. The second kappa shape index (κ2) is 9.08. The predicted molar refractivity (Wildman–Crippen MR) is 119 cm³/mol. The fraction of sp³-hybridized carbons (Fsp3) is 0.375. The lowest BCUT2D eigenvalue weighted by atomic mass is 9.87. The SMILES string of the molecule is CCCN1N=C2C(=Cc3cccc(C(F)(F)F)c3)CSCC2C1c1cccc(C(F)(F)F)c1. The van der Waals surface area contributed by atoms with E-state index in [0.29, 0.717) is 29.2 Å². The molecule has 1 fully saturated rings. The molecule has 0 spiro atoms. The molecule has 2 aromatic carbocycles. The van der Waals surface area contributed by atoms with Crippen molar-refractivity contribution in [1.29, 1.82) is 0 Å². The van der Waals surface area contributed by atoms with Crippen molar-refractivity contribution in [2.45, 2.75) is 31.7 Å². The van der Waals surface area contributed by atoms with Gasteiger partial charge in [-0.05, 0) is 53.5 Å². The summed E-state index contributed by atoms with van der Waals surface area (Å²) in [6.45, 7) is 2.54. The summed E-state index contributed by atoms with van der Waals surface area (Å²) in [5.41, 5.74) is 1.11. The van der Waals surface area contributed by atoms with Gasteiger partial charge < -0.3 is 0 Å². The van der Waals surface area contributed by atoms with Gasteiger partial charge in [0.2, 0.25) is 0 Å². The fourth-order valence-electron chi connectivity index (χ4n) is 4.32. The number of thioether (sulfide) groups is 1. The first kappa shape index (κ1) is 23.7. The van der Waals surface area contributed by atoms with Gasteiger partial charge in [0.05, 0.1) is 22.9 Å². The lowest BCUT2D eigenvalue weighted by Gasteiger charge is -2.30. The molecule has 2 atom stereocenters. The molecule has 2 unspecified atom stereocenters. The van der Waals surface area contributed by atoms with Crippen molar-refractivity contribution in [3.63, 3.8) is 0 Å². The van der Waals surface area contributed by atoms with Crippen molar-refractivity contribution in [1.82, 2.24) is 5.01 Å². The number of nitrogens with zero attached hydrogens (tertiary/aromatic N) is 2. The zero-order chi connectivity index (χ0) is 23.8. The van der Waals surface area contributed by atoms with Gasteiger partial charge in [0.25, 0.3) is 0 Å². The zero-order valence-corrected chi connectivity index (χ0v) is 18.6. The third-order valence-electron chi connectivity index (χ3n) is 5.74. The van der Waals surface area contributed by atoms with E-state index in [-0.39, 0.29) is 12.0 Å². The third-order valence-corrected chi connectivity index (χ3v) is 6.85. The second-order valence-corrected chi connectivity index (χ2v) is 9.16. The van der Waals surface area contributed by atoms with E-state index >= 15 is 0 Å². The Morgan fingerprint density at radius 3 is 2.33 bits per heavy atom. The maximum Gasteiger partial charge on any atom is 0.416 e. The zero-order valence-electron chi connectivity index (χ0n) is 17.7. The molecule has 9 heteroatoms. The molecular weight excluding hydrogens is 462 g/mol. The molecule has 176 valence electrons. The highest BCUT2D eigenvalue weighted by molar-refractivity contribution is 7.99. The quantitative estimate of drug-likeness (QED) is 0.424. The lowest BCUT2D eigenvalue weighted by molar-refractivity contribution is -0.138. The van der Waals surface area contributed by atoms with Crippen LogP contribution < -0.4 is 0 Å². The summed E-state index contributed by atoms with van der Waals surface area (Å²) in [5, 5.41) is 6.60. The molecular formula is C24H22F6N2S. The molecule has 0 radical (unpaired) electrons. The van der Waals surface area contributed by atoms with E-state index in [4.69, 9.17) is 5.10 Å². The van der Waals surface area contributed by atoms with E-state index in [0.717, 1.165) is 35.9 Å². The summed E-state index contributed by atoms with van der Waals surface area (Å²) in [7, 11) is 0. The van der Waals surface area contributed by atoms with E-state index in [1.54, 1.807) is 30.0 Å². The van der Waals surface area contributed by atoms with Gasteiger partial charge in [-0.1, -0.05) is 31.2 Å². The lowest BCUT2D eigenvalue weighted by Crippen LogP contribution is -2.31. The summed E-state index contributed by atoms with van der Waals surface area (Å²) in [6.07, 6.45) is -6.40. The third kappa shape index (κ3) is 5.08. The van der Waals surface area contributed by atoms with Gasteiger partial charge in [0.1, 0.15) is 0 Å². The average Bonchev–Trinajstić information content (AvgIpc) is 3.12. The Balaban J connectivity index is 1.70. The first-order valence-corrected chi connectivity index (χ1v) is 11.7. The molecule has 0 saturated carbocycles. The number of benzene rings is 2. The Morgan fingerprint density at radius 2 is 1.67 bits per heavy atom. The van der Waals surface area contributed by atoms with Gasteiger partial charge in [-0.2, -0.15) is 43.2 Å². The Labute approximate surface area is 192 Å². The topological polar surface area (TPSA) is 15.6 Å². The van der Waals surface area contributed by atoms with Crippen LogP contribution in [0.1, 0.15) is 41.6 Å². The van der Waals surface area contributed by atoms with Gasteiger partial charge in [0, 0.05) is 24.0 Å². The Bertz CT molecular complexity index is 1070. The Hall–Kier alpha value is -2.42. The number of halogens is 6. The van der Waals surface area contributed by atoms with Crippen LogP contribution in [0.25, 0.3) is 6.08 Å². The van der Waals surface area contributed by atoms with Crippen molar-refractivity contribution in [3.05, 3.63) is 76.4 Å². The van der Waals surface area contributed by atoms with Crippen LogP contribution in [0.3, 0.4) is 0 Å². The highest BCUT2D eigenvalue weighted by Gasteiger charge is 2.42. The van der Waals surface area contributed by atoms with Gasteiger partial charge in [0.15, 0.2) is 0 Å². The van der Waals surface area contributed by atoms with Crippen LogP contribution in [-0.2, 0) is 12.4 Å². The van der Waals surface area contributed by atoms with Gasteiger partial charge >= 0.3 is 12.4 Å². The van der Waals surface area contributed by atoms with Crippen molar-refractivity contribution in [2.75, 3.05) is 18.1 Å². The summed E-state index contributed by atoms with van der Waals surface area (Å²) < 4.78 is 79.3. The molecule has 2 aliphatic rings. The largest absolute Gasteiger partial charge is 0.416 e. The molecule has 2 aliphatic heterocycles. The number of hydrogen-bond acceptors (Lipinski definition) is 3. The minimum Gasteiger partial charge on any atom is -0.289 e. The average molecular weight is 485 g/mol. The van der Waals surface area contributed by atoms with Crippen molar-refractivity contribution in [2.24, 2.45) is 11.0 Å². The van der Waals surface area contributed by atoms with Gasteiger partial charge in [-0.3, -0.25) is 5.01 Å². The normalized spacial score (nSPS) is 22.5. The highest BCUT2D eigenvalue weighted by atomic mass is 32.2. The maximum absolute atomic E-state index is 13.3. The van der Waals surface area contributed by atoms with Gasteiger partial charge in [-0.25, -0.2) is 0 Å². The first-order valence-electron chi connectivity index (χ1n) is 10.6. The number of rotatable bonds is 4. The Morgan fingerprint density at radius 1 is 1.00 bits per heavy atom. The van der Waals surface area contributed by atoms with Crippen LogP contribution in [0.5, 0.6) is 0 Å². The predicted octanol–water partition coefficient (Wildman–Crippen LogP) is 7.29. The number of fused-ring (bicyclic) bond motifs is 1.